The number of nitrogens with one attached hydrogen (secondary N) is 1. The molecule has 116 valence electrons. The van der Waals surface area contributed by atoms with E-state index in [-0.39, 0.29) is 30.2 Å². The van der Waals surface area contributed by atoms with Crippen molar-refractivity contribution in [3.8, 4) is 0 Å². The zero-order valence-corrected chi connectivity index (χ0v) is 12.8. The summed E-state index contributed by atoms with van der Waals surface area (Å²) in [6.07, 6.45) is 3.44. The third-order valence-corrected chi connectivity index (χ3v) is 4.71. The minimum absolute atomic E-state index is 0.205. The number of para-hydroxylation sites is 1. The maximum Gasteiger partial charge on any atom is 0.244 e. The highest BCUT2D eigenvalue weighted by Crippen LogP contribution is 2.37. The fourth-order valence-electron chi connectivity index (χ4n) is 3.28. The molecule has 2 fully saturated rings. The van der Waals surface area contributed by atoms with Crippen LogP contribution in [0.5, 0.6) is 0 Å². The molecule has 22 heavy (non-hydrogen) atoms. The van der Waals surface area contributed by atoms with Gasteiger partial charge in [0.2, 0.25) is 17.7 Å². The van der Waals surface area contributed by atoms with Crippen molar-refractivity contribution in [2.24, 2.45) is 11.8 Å². The lowest BCUT2D eigenvalue weighted by atomic mass is 9.81. The number of nitrogens with zero attached hydrogens (tertiary/aromatic N) is 1. The predicted molar refractivity (Wildman–Crippen MR) is 82.2 cm³/mol. The van der Waals surface area contributed by atoms with Crippen molar-refractivity contribution in [2.75, 3.05) is 11.9 Å². The fourth-order valence-corrected chi connectivity index (χ4v) is 3.47. The van der Waals surface area contributed by atoms with E-state index in [1.54, 1.807) is 24.3 Å². The van der Waals surface area contributed by atoms with Gasteiger partial charge in [-0.15, -0.1) is 0 Å². The summed E-state index contributed by atoms with van der Waals surface area (Å²) in [4.78, 5) is 37.8. The van der Waals surface area contributed by atoms with E-state index < -0.39 is 5.91 Å². The first-order valence-electron chi connectivity index (χ1n) is 7.47. The van der Waals surface area contributed by atoms with Gasteiger partial charge in [-0.3, -0.25) is 19.3 Å². The molecule has 2 aliphatic rings. The number of benzene rings is 1. The van der Waals surface area contributed by atoms with Crippen molar-refractivity contribution < 1.29 is 14.4 Å². The molecule has 1 aliphatic carbocycles. The van der Waals surface area contributed by atoms with Gasteiger partial charge in [-0.1, -0.05) is 36.6 Å². The average Bonchev–Trinajstić information content (AvgIpc) is 2.75. The van der Waals surface area contributed by atoms with Crippen LogP contribution in [0.15, 0.2) is 24.3 Å². The van der Waals surface area contributed by atoms with Crippen LogP contribution in [-0.4, -0.2) is 29.2 Å². The highest BCUT2D eigenvalue weighted by molar-refractivity contribution is 6.33. The summed E-state index contributed by atoms with van der Waals surface area (Å²) in [5.41, 5.74) is 0.477. The van der Waals surface area contributed by atoms with Gasteiger partial charge in [0.25, 0.3) is 0 Å². The molecule has 1 saturated carbocycles. The number of anilines is 1. The van der Waals surface area contributed by atoms with Gasteiger partial charge in [0, 0.05) is 0 Å². The Labute approximate surface area is 133 Å². The second-order valence-corrected chi connectivity index (χ2v) is 6.20. The molecule has 1 heterocycles. The molecule has 0 radical (unpaired) electrons. The Balaban J connectivity index is 1.68. The lowest BCUT2D eigenvalue weighted by Crippen LogP contribution is -2.38. The first-order chi connectivity index (χ1) is 10.6. The Bertz CT molecular complexity index is 608. The molecule has 1 aromatic carbocycles. The third kappa shape index (κ3) is 2.73. The fraction of sp³-hybridized carbons (Fsp3) is 0.438. The van der Waals surface area contributed by atoms with Gasteiger partial charge in [-0.05, 0) is 25.0 Å². The number of halogens is 1. The molecular weight excluding hydrogens is 304 g/mol. The number of fused-ring (bicyclic) bond motifs is 1. The monoisotopic (exact) mass is 320 g/mol. The number of amides is 3. The molecule has 2 atom stereocenters. The van der Waals surface area contributed by atoms with E-state index >= 15 is 0 Å². The molecular formula is C16H17ClN2O3. The van der Waals surface area contributed by atoms with Crippen LogP contribution in [0, 0.1) is 11.8 Å². The van der Waals surface area contributed by atoms with Crippen molar-refractivity contribution in [3.63, 3.8) is 0 Å². The Kier molecular flexibility index (Phi) is 4.16. The topological polar surface area (TPSA) is 66.5 Å². The Hall–Kier alpha value is -1.88. The van der Waals surface area contributed by atoms with Crippen molar-refractivity contribution in [2.45, 2.75) is 25.7 Å². The molecule has 0 spiro atoms. The molecule has 0 unspecified atom stereocenters. The van der Waals surface area contributed by atoms with Crippen molar-refractivity contribution in [3.05, 3.63) is 29.3 Å². The van der Waals surface area contributed by atoms with Gasteiger partial charge in [0.15, 0.2) is 0 Å². The van der Waals surface area contributed by atoms with E-state index in [2.05, 4.69) is 5.32 Å². The largest absolute Gasteiger partial charge is 0.323 e. The molecule has 5 nitrogen and oxygen atoms in total. The summed E-state index contributed by atoms with van der Waals surface area (Å²) >= 11 is 5.98. The minimum Gasteiger partial charge on any atom is -0.323 e. The standard InChI is InChI=1S/C16H17ClN2O3/c17-12-7-3-4-8-13(12)18-14(20)9-19-15(21)10-5-1-2-6-11(10)16(19)22/h3-4,7-8,10-11H,1-2,5-6,9H2,(H,18,20)/t10-,11+. The van der Waals surface area contributed by atoms with E-state index in [1.807, 2.05) is 0 Å². The van der Waals surface area contributed by atoms with Crippen LogP contribution in [-0.2, 0) is 14.4 Å². The lowest BCUT2D eigenvalue weighted by Gasteiger charge is -2.19. The number of imide groups is 1. The average molecular weight is 321 g/mol. The first kappa shape index (κ1) is 15.0. The van der Waals surface area contributed by atoms with E-state index in [0.29, 0.717) is 10.7 Å². The van der Waals surface area contributed by atoms with Crippen LogP contribution < -0.4 is 5.32 Å². The third-order valence-electron chi connectivity index (χ3n) is 4.38. The van der Waals surface area contributed by atoms with E-state index in [9.17, 15) is 14.4 Å². The first-order valence-corrected chi connectivity index (χ1v) is 7.85. The molecule has 0 aromatic heterocycles. The maximum atomic E-state index is 12.3. The van der Waals surface area contributed by atoms with E-state index in [0.717, 1.165) is 30.6 Å². The molecule has 1 aromatic rings. The van der Waals surface area contributed by atoms with Crippen LogP contribution in [0.4, 0.5) is 5.69 Å². The van der Waals surface area contributed by atoms with Gasteiger partial charge in [0.05, 0.1) is 22.5 Å². The molecule has 6 heteroatoms. The molecule has 1 N–H and O–H groups in total. The van der Waals surface area contributed by atoms with Gasteiger partial charge >= 0.3 is 0 Å². The number of hydrogen-bond acceptors (Lipinski definition) is 3. The summed E-state index contributed by atoms with van der Waals surface area (Å²) < 4.78 is 0. The predicted octanol–water partition coefficient (Wildman–Crippen LogP) is 2.45. The summed E-state index contributed by atoms with van der Waals surface area (Å²) in [7, 11) is 0. The van der Waals surface area contributed by atoms with Gasteiger partial charge in [0.1, 0.15) is 6.54 Å². The van der Waals surface area contributed by atoms with E-state index in [4.69, 9.17) is 11.6 Å². The number of carbonyl (C=O) groups is 3. The number of rotatable bonds is 3. The van der Waals surface area contributed by atoms with Crippen LogP contribution in [0.1, 0.15) is 25.7 Å². The Morgan fingerprint density at radius 1 is 1.14 bits per heavy atom. The minimum atomic E-state index is -0.409. The molecule has 3 amide bonds. The lowest BCUT2D eigenvalue weighted by molar-refractivity contribution is -0.142. The summed E-state index contributed by atoms with van der Waals surface area (Å²) in [6, 6.07) is 6.85. The highest BCUT2D eigenvalue weighted by atomic mass is 35.5. The van der Waals surface area contributed by atoms with Crippen LogP contribution in [0.2, 0.25) is 5.02 Å². The van der Waals surface area contributed by atoms with Crippen molar-refractivity contribution in [1.82, 2.24) is 4.90 Å². The molecule has 1 saturated heterocycles. The summed E-state index contributed by atoms with van der Waals surface area (Å²) in [6.45, 7) is -0.240. The highest BCUT2D eigenvalue weighted by Gasteiger charge is 2.48. The van der Waals surface area contributed by atoms with Crippen LogP contribution >= 0.6 is 11.6 Å². The zero-order valence-electron chi connectivity index (χ0n) is 12.0. The SMILES string of the molecule is O=C(CN1C(=O)[C@H]2CCCC[C@H]2C1=O)Nc1ccccc1Cl. The number of hydrogen-bond donors (Lipinski definition) is 1. The smallest absolute Gasteiger partial charge is 0.244 e. The normalized spacial score (nSPS) is 24.3. The van der Waals surface area contributed by atoms with Gasteiger partial charge < -0.3 is 5.32 Å². The second-order valence-electron chi connectivity index (χ2n) is 5.79. The van der Waals surface area contributed by atoms with Crippen LogP contribution in [0.3, 0.4) is 0 Å². The second kappa shape index (κ2) is 6.08. The Morgan fingerprint density at radius 3 is 2.32 bits per heavy atom. The van der Waals surface area contributed by atoms with Crippen molar-refractivity contribution >= 4 is 35.0 Å². The maximum absolute atomic E-state index is 12.3. The molecule has 0 bridgehead atoms. The summed E-state index contributed by atoms with van der Waals surface area (Å²) in [5.74, 6) is -1.27. The quantitative estimate of drug-likeness (QED) is 0.870. The van der Waals surface area contributed by atoms with Crippen LogP contribution in [0.25, 0.3) is 0 Å². The molecule has 3 rings (SSSR count). The van der Waals surface area contributed by atoms with Gasteiger partial charge in [-0.2, -0.15) is 0 Å². The number of carbonyl (C=O) groups excluding carboxylic acids is 3. The van der Waals surface area contributed by atoms with Crippen molar-refractivity contribution in [1.29, 1.82) is 0 Å². The molecule has 1 aliphatic heterocycles. The van der Waals surface area contributed by atoms with Gasteiger partial charge in [-0.25, -0.2) is 0 Å². The number of likely N-dealkylation sites (tertiary alicyclic amines) is 1. The van der Waals surface area contributed by atoms with E-state index in [1.165, 1.54) is 0 Å². The summed E-state index contributed by atoms with van der Waals surface area (Å²) in [5, 5.41) is 3.06. The Morgan fingerprint density at radius 2 is 1.73 bits per heavy atom. The zero-order chi connectivity index (χ0) is 15.7.